The summed E-state index contributed by atoms with van der Waals surface area (Å²) >= 11 is 6.21. The van der Waals surface area contributed by atoms with Crippen LogP contribution in [0.2, 0.25) is 5.02 Å². The molecule has 0 bridgehead atoms. The molecule has 0 aromatic heterocycles. The fourth-order valence-electron chi connectivity index (χ4n) is 2.43. The summed E-state index contributed by atoms with van der Waals surface area (Å²) in [6.07, 6.45) is 0.971. The highest BCUT2D eigenvalue weighted by atomic mass is 35.5. The molecule has 1 aliphatic heterocycles. The molecule has 0 saturated heterocycles. The zero-order valence-corrected chi connectivity index (χ0v) is 10.5. The Balaban J connectivity index is 1.94. The average Bonchev–Trinajstić information content (AvgIpc) is 2.74. The molecule has 1 aliphatic rings. The van der Waals surface area contributed by atoms with Crippen LogP contribution in [0.4, 0.5) is 5.69 Å². The zero-order valence-electron chi connectivity index (χ0n) is 9.70. The quantitative estimate of drug-likeness (QED) is 0.785. The van der Waals surface area contributed by atoms with E-state index in [2.05, 4.69) is 42.6 Å². The van der Waals surface area contributed by atoms with Crippen LogP contribution in [0.5, 0.6) is 0 Å². The van der Waals surface area contributed by atoms with E-state index in [1.54, 1.807) is 0 Å². The molecule has 0 radical (unpaired) electrons. The second kappa shape index (κ2) is 4.08. The first-order valence-electron chi connectivity index (χ1n) is 5.84. The number of halogens is 1. The van der Waals surface area contributed by atoms with Crippen LogP contribution in [0.15, 0.2) is 42.5 Å². The zero-order chi connectivity index (χ0) is 11.8. The molecular weight excluding hydrogens is 230 g/mol. The molecule has 1 nitrogen and oxygen atoms in total. The number of benzene rings is 2. The summed E-state index contributed by atoms with van der Waals surface area (Å²) in [5.74, 6) is 0. The van der Waals surface area contributed by atoms with Crippen molar-refractivity contribution in [3.63, 3.8) is 0 Å². The van der Waals surface area contributed by atoms with E-state index in [0.717, 1.165) is 11.4 Å². The van der Waals surface area contributed by atoms with Gasteiger partial charge in [-0.15, -0.1) is 0 Å². The first kappa shape index (κ1) is 10.7. The molecule has 0 saturated carbocycles. The number of anilines is 1. The molecule has 3 rings (SSSR count). The molecule has 2 heteroatoms. The van der Waals surface area contributed by atoms with E-state index in [0.29, 0.717) is 6.04 Å². The van der Waals surface area contributed by atoms with Crippen molar-refractivity contribution in [2.75, 3.05) is 5.32 Å². The van der Waals surface area contributed by atoms with Gasteiger partial charge in [0.1, 0.15) is 0 Å². The third-order valence-electron chi connectivity index (χ3n) is 3.30. The lowest BCUT2D eigenvalue weighted by atomic mass is 10.0. The van der Waals surface area contributed by atoms with Crippen molar-refractivity contribution in [3.05, 3.63) is 64.2 Å². The topological polar surface area (TPSA) is 12.0 Å². The highest BCUT2D eigenvalue weighted by molar-refractivity contribution is 6.31. The normalized spacial score (nSPS) is 17.6. The van der Waals surface area contributed by atoms with Gasteiger partial charge in [0.15, 0.2) is 0 Å². The maximum absolute atomic E-state index is 6.21. The van der Waals surface area contributed by atoms with Gasteiger partial charge >= 0.3 is 0 Å². The van der Waals surface area contributed by atoms with Gasteiger partial charge < -0.3 is 5.32 Å². The largest absolute Gasteiger partial charge is 0.378 e. The summed E-state index contributed by atoms with van der Waals surface area (Å²) in [7, 11) is 0. The number of rotatable bonds is 1. The van der Waals surface area contributed by atoms with Crippen molar-refractivity contribution in [2.45, 2.75) is 19.4 Å². The third-order valence-corrected chi connectivity index (χ3v) is 3.66. The van der Waals surface area contributed by atoms with E-state index in [4.69, 9.17) is 11.6 Å². The third kappa shape index (κ3) is 1.91. The Morgan fingerprint density at radius 2 is 2.00 bits per heavy atom. The van der Waals surface area contributed by atoms with Crippen LogP contribution in [-0.2, 0) is 6.42 Å². The Bertz CT molecular complexity index is 563. The molecule has 0 fully saturated rings. The maximum Gasteiger partial charge on any atom is 0.0555 e. The Morgan fingerprint density at radius 3 is 2.76 bits per heavy atom. The Kier molecular flexibility index (Phi) is 2.56. The van der Waals surface area contributed by atoms with Gasteiger partial charge in [0.2, 0.25) is 0 Å². The van der Waals surface area contributed by atoms with Crippen LogP contribution in [0.3, 0.4) is 0 Å². The van der Waals surface area contributed by atoms with Gasteiger partial charge in [-0.3, -0.25) is 0 Å². The van der Waals surface area contributed by atoms with Gasteiger partial charge in [0.05, 0.1) is 6.04 Å². The minimum absolute atomic E-state index is 0.352. The standard InChI is InChI=1S/C15H14ClN/c1-10-4-2-5-11(8-10)15-9-12-13(16)6-3-7-14(12)17-15/h2-8,15,17H,9H2,1H3. The van der Waals surface area contributed by atoms with Crippen molar-refractivity contribution >= 4 is 17.3 Å². The smallest absolute Gasteiger partial charge is 0.0555 e. The summed E-state index contributed by atoms with van der Waals surface area (Å²) in [5.41, 5.74) is 5.04. The Labute approximate surface area is 106 Å². The maximum atomic E-state index is 6.21. The molecule has 2 aromatic carbocycles. The van der Waals surface area contributed by atoms with Gasteiger partial charge in [0, 0.05) is 17.1 Å². The molecule has 2 aromatic rings. The summed E-state index contributed by atoms with van der Waals surface area (Å²) in [6, 6.07) is 15.0. The average molecular weight is 244 g/mol. The van der Waals surface area contributed by atoms with Gasteiger partial charge in [-0.05, 0) is 30.2 Å². The molecule has 17 heavy (non-hydrogen) atoms. The van der Waals surface area contributed by atoms with Gasteiger partial charge in [-0.2, -0.15) is 0 Å². The lowest BCUT2D eigenvalue weighted by molar-refractivity contribution is 0.823. The van der Waals surface area contributed by atoms with Crippen LogP contribution in [-0.4, -0.2) is 0 Å². The van der Waals surface area contributed by atoms with E-state index in [9.17, 15) is 0 Å². The molecule has 86 valence electrons. The second-order valence-corrected chi connectivity index (χ2v) is 4.99. The van der Waals surface area contributed by atoms with Gasteiger partial charge in [-0.1, -0.05) is 47.5 Å². The molecule has 1 unspecified atom stereocenters. The number of hydrogen-bond donors (Lipinski definition) is 1. The number of fused-ring (bicyclic) bond motifs is 1. The van der Waals surface area contributed by atoms with Crippen LogP contribution >= 0.6 is 11.6 Å². The van der Waals surface area contributed by atoms with E-state index < -0.39 is 0 Å². The number of nitrogens with one attached hydrogen (secondary N) is 1. The van der Waals surface area contributed by atoms with Crippen LogP contribution in [0.1, 0.15) is 22.7 Å². The molecule has 1 heterocycles. The molecule has 0 amide bonds. The lowest BCUT2D eigenvalue weighted by Crippen LogP contribution is -2.05. The number of aryl methyl sites for hydroxylation is 1. The summed E-state index contributed by atoms with van der Waals surface area (Å²) in [6.45, 7) is 2.12. The molecule has 0 spiro atoms. The first-order valence-corrected chi connectivity index (χ1v) is 6.22. The van der Waals surface area contributed by atoms with Crippen LogP contribution in [0, 0.1) is 6.92 Å². The monoisotopic (exact) mass is 243 g/mol. The highest BCUT2D eigenvalue weighted by Gasteiger charge is 2.23. The molecule has 0 aliphatic carbocycles. The van der Waals surface area contributed by atoms with Gasteiger partial charge in [-0.25, -0.2) is 0 Å². The van der Waals surface area contributed by atoms with Crippen LogP contribution < -0.4 is 5.32 Å². The fourth-order valence-corrected chi connectivity index (χ4v) is 2.68. The SMILES string of the molecule is Cc1cccc(C2Cc3c(Cl)cccc3N2)c1. The predicted molar refractivity (Wildman–Crippen MR) is 72.7 cm³/mol. The molecule has 1 N–H and O–H groups in total. The minimum atomic E-state index is 0.352. The first-order chi connectivity index (χ1) is 8.24. The minimum Gasteiger partial charge on any atom is -0.378 e. The van der Waals surface area contributed by atoms with Crippen molar-refractivity contribution in [2.24, 2.45) is 0 Å². The highest BCUT2D eigenvalue weighted by Crippen LogP contribution is 2.37. The van der Waals surface area contributed by atoms with Crippen molar-refractivity contribution < 1.29 is 0 Å². The number of hydrogen-bond acceptors (Lipinski definition) is 1. The second-order valence-electron chi connectivity index (χ2n) is 4.58. The Hall–Kier alpha value is -1.47. The van der Waals surface area contributed by atoms with Crippen LogP contribution in [0.25, 0.3) is 0 Å². The summed E-state index contributed by atoms with van der Waals surface area (Å²) in [5, 5.41) is 4.40. The van der Waals surface area contributed by atoms with E-state index in [-0.39, 0.29) is 0 Å². The predicted octanol–water partition coefficient (Wildman–Crippen LogP) is 4.36. The molecule has 1 atom stereocenters. The summed E-state index contributed by atoms with van der Waals surface area (Å²) < 4.78 is 0. The van der Waals surface area contributed by atoms with Crippen molar-refractivity contribution in [1.82, 2.24) is 0 Å². The lowest BCUT2D eigenvalue weighted by Gasteiger charge is -2.12. The molecular formula is C15H14ClN. The fraction of sp³-hybridized carbons (Fsp3) is 0.200. The summed E-state index contributed by atoms with van der Waals surface area (Å²) in [4.78, 5) is 0. The van der Waals surface area contributed by atoms with Gasteiger partial charge in [0.25, 0.3) is 0 Å². The van der Waals surface area contributed by atoms with Crippen molar-refractivity contribution in [3.8, 4) is 0 Å². The van der Waals surface area contributed by atoms with E-state index >= 15 is 0 Å². The van der Waals surface area contributed by atoms with E-state index in [1.807, 2.05) is 12.1 Å². The van der Waals surface area contributed by atoms with Crippen molar-refractivity contribution in [1.29, 1.82) is 0 Å². The van der Waals surface area contributed by atoms with E-state index in [1.165, 1.54) is 22.4 Å². The Morgan fingerprint density at radius 1 is 1.18 bits per heavy atom.